The van der Waals surface area contributed by atoms with E-state index in [0.717, 1.165) is 24.4 Å². The van der Waals surface area contributed by atoms with Crippen LogP contribution in [-0.4, -0.2) is 30.1 Å². The fourth-order valence-corrected chi connectivity index (χ4v) is 4.68. The first-order valence-electron chi connectivity index (χ1n) is 8.56. The molecule has 2 saturated carbocycles. The molecule has 2 heteroatoms. The van der Waals surface area contributed by atoms with E-state index in [4.69, 9.17) is 5.73 Å². The first kappa shape index (κ1) is 15.3. The third-order valence-electron chi connectivity index (χ3n) is 6.19. The van der Waals surface area contributed by atoms with Crippen molar-refractivity contribution < 1.29 is 0 Å². The Morgan fingerprint density at radius 3 is 2.53 bits per heavy atom. The molecule has 0 radical (unpaired) electrons. The average Bonchev–Trinajstić information content (AvgIpc) is 2.47. The molecular weight excluding hydrogens is 232 g/mol. The van der Waals surface area contributed by atoms with Gasteiger partial charge in [-0.15, -0.1) is 0 Å². The van der Waals surface area contributed by atoms with Crippen LogP contribution in [0.3, 0.4) is 0 Å². The quantitative estimate of drug-likeness (QED) is 0.838. The van der Waals surface area contributed by atoms with Crippen LogP contribution in [0.25, 0.3) is 0 Å². The third-order valence-corrected chi connectivity index (χ3v) is 6.19. The van der Waals surface area contributed by atoms with E-state index in [0.29, 0.717) is 5.54 Å². The molecule has 2 N–H and O–H groups in total. The van der Waals surface area contributed by atoms with Gasteiger partial charge in [0.1, 0.15) is 0 Å². The van der Waals surface area contributed by atoms with Gasteiger partial charge in [0.25, 0.3) is 0 Å². The molecule has 0 bridgehead atoms. The van der Waals surface area contributed by atoms with Crippen molar-refractivity contribution in [2.24, 2.45) is 17.6 Å². The summed E-state index contributed by atoms with van der Waals surface area (Å²) in [5.74, 6) is 1.75. The Morgan fingerprint density at radius 2 is 1.89 bits per heavy atom. The van der Waals surface area contributed by atoms with Crippen LogP contribution in [0.2, 0.25) is 0 Å². The Labute approximate surface area is 120 Å². The van der Waals surface area contributed by atoms with Gasteiger partial charge in [0.05, 0.1) is 0 Å². The molecule has 0 aliphatic heterocycles. The zero-order valence-electron chi connectivity index (χ0n) is 13.3. The summed E-state index contributed by atoms with van der Waals surface area (Å²) in [4.78, 5) is 2.72. The van der Waals surface area contributed by atoms with Gasteiger partial charge in [0.15, 0.2) is 0 Å². The molecule has 112 valence electrons. The lowest BCUT2D eigenvalue weighted by Gasteiger charge is -2.52. The molecule has 0 aromatic rings. The minimum atomic E-state index is 0.301. The maximum atomic E-state index is 6.27. The highest BCUT2D eigenvalue weighted by atomic mass is 15.2. The van der Waals surface area contributed by atoms with E-state index in [-0.39, 0.29) is 0 Å². The van der Waals surface area contributed by atoms with Gasteiger partial charge in [0, 0.05) is 18.1 Å². The fourth-order valence-electron chi connectivity index (χ4n) is 4.68. The second kappa shape index (κ2) is 6.58. The van der Waals surface area contributed by atoms with Crippen LogP contribution in [0.15, 0.2) is 0 Å². The SMILES string of the molecule is CCC1CCCC(CN)(N(C)C2CCCCC2C)C1. The summed E-state index contributed by atoms with van der Waals surface area (Å²) in [6.07, 6.45) is 12.4. The number of hydrogen-bond donors (Lipinski definition) is 1. The molecule has 4 unspecified atom stereocenters. The van der Waals surface area contributed by atoms with E-state index < -0.39 is 0 Å². The zero-order valence-corrected chi connectivity index (χ0v) is 13.3. The second-order valence-electron chi connectivity index (χ2n) is 7.24. The van der Waals surface area contributed by atoms with Gasteiger partial charge in [0.2, 0.25) is 0 Å². The molecule has 0 spiro atoms. The first-order chi connectivity index (χ1) is 9.13. The Kier molecular flexibility index (Phi) is 5.30. The highest BCUT2D eigenvalue weighted by molar-refractivity contribution is 4.98. The Bertz CT molecular complexity index is 278. The Hall–Kier alpha value is -0.0800. The lowest BCUT2D eigenvalue weighted by atomic mass is 9.72. The van der Waals surface area contributed by atoms with Gasteiger partial charge in [-0.1, -0.05) is 46.0 Å². The predicted molar refractivity (Wildman–Crippen MR) is 83.2 cm³/mol. The summed E-state index contributed by atoms with van der Waals surface area (Å²) in [5, 5.41) is 0. The molecule has 4 atom stereocenters. The summed E-state index contributed by atoms with van der Waals surface area (Å²) in [6, 6.07) is 0.771. The van der Waals surface area contributed by atoms with E-state index in [9.17, 15) is 0 Å². The van der Waals surface area contributed by atoms with E-state index in [1.54, 1.807) is 0 Å². The average molecular weight is 266 g/mol. The molecule has 19 heavy (non-hydrogen) atoms. The van der Waals surface area contributed by atoms with Crippen molar-refractivity contribution in [1.29, 1.82) is 0 Å². The summed E-state index contributed by atoms with van der Waals surface area (Å²) >= 11 is 0. The standard InChI is InChI=1S/C17H34N2/c1-4-15-9-7-11-17(12-15,13-18)19(3)16-10-6-5-8-14(16)2/h14-16H,4-13,18H2,1-3H3. The smallest absolute Gasteiger partial charge is 0.0334 e. The maximum Gasteiger partial charge on any atom is 0.0334 e. The number of likely N-dealkylation sites (N-methyl/N-ethyl adjacent to an activating group) is 1. The fraction of sp³-hybridized carbons (Fsp3) is 1.00. The third kappa shape index (κ3) is 3.16. The maximum absolute atomic E-state index is 6.27. The summed E-state index contributed by atoms with van der Waals surface area (Å²) in [6.45, 7) is 5.65. The van der Waals surface area contributed by atoms with Crippen molar-refractivity contribution in [3.8, 4) is 0 Å². The van der Waals surface area contributed by atoms with Crippen molar-refractivity contribution in [2.75, 3.05) is 13.6 Å². The highest BCUT2D eigenvalue weighted by Crippen LogP contribution is 2.41. The van der Waals surface area contributed by atoms with Crippen molar-refractivity contribution in [3.63, 3.8) is 0 Å². The van der Waals surface area contributed by atoms with Crippen LogP contribution >= 0.6 is 0 Å². The van der Waals surface area contributed by atoms with Crippen molar-refractivity contribution in [2.45, 2.75) is 83.2 Å². The lowest BCUT2D eigenvalue weighted by Crippen LogP contribution is -2.59. The molecular formula is C17H34N2. The van der Waals surface area contributed by atoms with Gasteiger partial charge in [-0.05, 0) is 44.6 Å². The second-order valence-corrected chi connectivity index (χ2v) is 7.24. The molecule has 0 aromatic carbocycles. The molecule has 0 heterocycles. The number of nitrogens with zero attached hydrogens (tertiary/aromatic N) is 1. The van der Waals surface area contributed by atoms with Crippen LogP contribution in [0.1, 0.15) is 71.6 Å². The van der Waals surface area contributed by atoms with Crippen LogP contribution in [0.5, 0.6) is 0 Å². The van der Waals surface area contributed by atoms with Gasteiger partial charge in [-0.25, -0.2) is 0 Å². The van der Waals surface area contributed by atoms with E-state index in [1.807, 2.05) is 0 Å². The van der Waals surface area contributed by atoms with Crippen LogP contribution in [0.4, 0.5) is 0 Å². The molecule has 0 aromatic heterocycles. The van der Waals surface area contributed by atoms with Crippen LogP contribution < -0.4 is 5.73 Å². The molecule has 2 fully saturated rings. The summed E-state index contributed by atoms with van der Waals surface area (Å²) < 4.78 is 0. The van der Waals surface area contributed by atoms with E-state index >= 15 is 0 Å². The molecule has 2 rings (SSSR count). The van der Waals surface area contributed by atoms with Gasteiger partial charge in [-0.2, -0.15) is 0 Å². The van der Waals surface area contributed by atoms with Gasteiger partial charge < -0.3 is 5.73 Å². The first-order valence-corrected chi connectivity index (χ1v) is 8.56. The van der Waals surface area contributed by atoms with Gasteiger partial charge >= 0.3 is 0 Å². The monoisotopic (exact) mass is 266 g/mol. The zero-order chi connectivity index (χ0) is 13.9. The normalized spacial score (nSPS) is 40.6. The number of hydrogen-bond acceptors (Lipinski definition) is 2. The predicted octanol–water partition coefficient (Wildman–Crippen LogP) is 3.79. The minimum Gasteiger partial charge on any atom is -0.329 e. The van der Waals surface area contributed by atoms with E-state index in [1.165, 1.54) is 57.8 Å². The topological polar surface area (TPSA) is 29.3 Å². The van der Waals surface area contributed by atoms with Crippen LogP contribution in [-0.2, 0) is 0 Å². The van der Waals surface area contributed by atoms with Crippen molar-refractivity contribution in [1.82, 2.24) is 4.90 Å². The Morgan fingerprint density at radius 1 is 1.16 bits per heavy atom. The lowest BCUT2D eigenvalue weighted by molar-refractivity contribution is -0.00709. The molecule has 0 amide bonds. The van der Waals surface area contributed by atoms with Gasteiger partial charge in [-0.3, -0.25) is 4.90 Å². The summed E-state index contributed by atoms with van der Waals surface area (Å²) in [5.41, 5.74) is 6.57. The highest BCUT2D eigenvalue weighted by Gasteiger charge is 2.42. The number of rotatable bonds is 4. The minimum absolute atomic E-state index is 0.301. The van der Waals surface area contributed by atoms with Crippen LogP contribution in [0, 0.1) is 11.8 Å². The van der Waals surface area contributed by atoms with E-state index in [2.05, 4.69) is 25.8 Å². The summed E-state index contributed by atoms with van der Waals surface area (Å²) in [7, 11) is 2.37. The molecule has 0 saturated heterocycles. The number of nitrogens with two attached hydrogens (primary N) is 1. The Balaban J connectivity index is 2.10. The van der Waals surface area contributed by atoms with Crippen molar-refractivity contribution >= 4 is 0 Å². The molecule has 2 nitrogen and oxygen atoms in total. The molecule has 2 aliphatic rings. The van der Waals surface area contributed by atoms with Crippen molar-refractivity contribution in [3.05, 3.63) is 0 Å². The molecule has 2 aliphatic carbocycles. The largest absolute Gasteiger partial charge is 0.329 e.